The van der Waals surface area contributed by atoms with E-state index in [0.717, 1.165) is 22.6 Å². The lowest BCUT2D eigenvalue weighted by molar-refractivity contribution is 0.336. The van der Waals surface area contributed by atoms with Crippen LogP contribution in [-0.2, 0) is 13.0 Å². The Morgan fingerprint density at radius 2 is 1.90 bits per heavy atom. The van der Waals surface area contributed by atoms with E-state index in [9.17, 15) is 4.39 Å². The molecule has 0 aliphatic heterocycles. The number of aliphatic imine (C=N–C) groups is 1. The van der Waals surface area contributed by atoms with Gasteiger partial charge in [-0.25, -0.2) is 9.37 Å². The molecular formula is C22H26FIN4O2. The number of oxazole rings is 1. The first-order valence-corrected chi connectivity index (χ1v) is 9.55. The van der Waals surface area contributed by atoms with E-state index in [1.807, 2.05) is 31.2 Å². The SMILES string of the molecule is CCOc1ccccc1CNC(=NC)NCCc1coc(-c2ccc(F)cc2)n1.I. The summed E-state index contributed by atoms with van der Waals surface area (Å²) in [7, 11) is 1.73. The Morgan fingerprint density at radius 3 is 2.63 bits per heavy atom. The molecule has 2 aromatic carbocycles. The van der Waals surface area contributed by atoms with Gasteiger partial charge < -0.3 is 19.8 Å². The maximum atomic E-state index is 13.0. The summed E-state index contributed by atoms with van der Waals surface area (Å²) in [6.45, 7) is 3.84. The number of benzene rings is 2. The summed E-state index contributed by atoms with van der Waals surface area (Å²) in [4.78, 5) is 8.70. The second-order valence-corrected chi connectivity index (χ2v) is 6.29. The van der Waals surface area contributed by atoms with Gasteiger partial charge in [0, 0.05) is 37.7 Å². The number of hydrogen-bond acceptors (Lipinski definition) is 4. The number of nitrogens with one attached hydrogen (secondary N) is 2. The number of aromatic nitrogens is 1. The molecular weight excluding hydrogens is 498 g/mol. The van der Waals surface area contributed by atoms with E-state index in [2.05, 4.69) is 20.6 Å². The zero-order valence-electron chi connectivity index (χ0n) is 17.0. The first kappa shape index (κ1) is 23.7. The van der Waals surface area contributed by atoms with E-state index in [1.54, 1.807) is 25.4 Å². The van der Waals surface area contributed by atoms with Crippen LogP contribution in [0.2, 0.25) is 0 Å². The molecule has 2 N–H and O–H groups in total. The van der Waals surface area contributed by atoms with Crippen molar-refractivity contribution < 1.29 is 13.5 Å². The van der Waals surface area contributed by atoms with Crippen LogP contribution in [0, 0.1) is 5.82 Å². The van der Waals surface area contributed by atoms with Gasteiger partial charge >= 0.3 is 0 Å². The van der Waals surface area contributed by atoms with Crippen molar-refractivity contribution in [3.05, 3.63) is 71.9 Å². The number of ether oxygens (including phenoxy) is 1. The first-order chi connectivity index (χ1) is 14.2. The summed E-state index contributed by atoms with van der Waals surface area (Å²) in [5, 5.41) is 6.55. The Morgan fingerprint density at radius 1 is 1.13 bits per heavy atom. The van der Waals surface area contributed by atoms with E-state index in [1.165, 1.54) is 12.1 Å². The number of para-hydroxylation sites is 1. The van der Waals surface area contributed by atoms with Crippen LogP contribution in [0.1, 0.15) is 18.2 Å². The predicted molar refractivity (Wildman–Crippen MR) is 127 cm³/mol. The van der Waals surface area contributed by atoms with Crippen LogP contribution in [0.5, 0.6) is 5.75 Å². The van der Waals surface area contributed by atoms with Crippen LogP contribution in [-0.4, -0.2) is 31.1 Å². The molecule has 0 atom stereocenters. The molecule has 0 unspecified atom stereocenters. The van der Waals surface area contributed by atoms with E-state index >= 15 is 0 Å². The van der Waals surface area contributed by atoms with Crippen molar-refractivity contribution in [2.24, 2.45) is 4.99 Å². The average molecular weight is 524 g/mol. The lowest BCUT2D eigenvalue weighted by Crippen LogP contribution is -2.38. The fraction of sp³-hybridized carbons (Fsp3) is 0.273. The Balaban J connectivity index is 0.00000320. The van der Waals surface area contributed by atoms with E-state index in [0.29, 0.717) is 38.0 Å². The molecule has 0 bridgehead atoms. The summed E-state index contributed by atoms with van der Waals surface area (Å²) in [6.07, 6.45) is 2.29. The minimum absolute atomic E-state index is 0. The molecule has 0 aliphatic rings. The summed E-state index contributed by atoms with van der Waals surface area (Å²) in [5.74, 6) is 1.76. The lowest BCUT2D eigenvalue weighted by atomic mass is 10.2. The van der Waals surface area contributed by atoms with Gasteiger partial charge in [-0.05, 0) is 37.3 Å². The van der Waals surface area contributed by atoms with Crippen molar-refractivity contribution in [3.8, 4) is 17.2 Å². The highest BCUT2D eigenvalue weighted by molar-refractivity contribution is 14.0. The molecule has 0 saturated carbocycles. The van der Waals surface area contributed by atoms with Gasteiger partial charge in [-0.3, -0.25) is 4.99 Å². The molecule has 0 fully saturated rings. The normalized spacial score (nSPS) is 11.0. The van der Waals surface area contributed by atoms with E-state index < -0.39 is 0 Å². The quantitative estimate of drug-likeness (QED) is 0.260. The first-order valence-electron chi connectivity index (χ1n) is 9.55. The maximum absolute atomic E-state index is 13.0. The topological polar surface area (TPSA) is 71.7 Å². The van der Waals surface area contributed by atoms with Crippen LogP contribution >= 0.6 is 24.0 Å². The minimum atomic E-state index is -0.285. The van der Waals surface area contributed by atoms with E-state index in [4.69, 9.17) is 9.15 Å². The Labute approximate surface area is 193 Å². The van der Waals surface area contributed by atoms with Gasteiger partial charge in [0.1, 0.15) is 17.8 Å². The Kier molecular flexibility index (Phi) is 9.59. The van der Waals surface area contributed by atoms with Crippen molar-refractivity contribution in [3.63, 3.8) is 0 Å². The Hall–Kier alpha value is -2.62. The summed E-state index contributed by atoms with van der Waals surface area (Å²) < 4.78 is 24.2. The molecule has 0 amide bonds. The zero-order chi connectivity index (χ0) is 20.5. The Bertz CT molecular complexity index is 944. The molecule has 3 aromatic rings. The summed E-state index contributed by atoms with van der Waals surface area (Å²) in [6, 6.07) is 14.0. The molecule has 8 heteroatoms. The standard InChI is InChI=1S/C22H25FN4O2.HI/c1-3-28-20-7-5-4-6-17(20)14-26-22(24-2)25-13-12-19-15-29-21(27-19)16-8-10-18(23)11-9-16;/h4-11,15H,3,12-14H2,1-2H3,(H2,24,25,26);1H. The smallest absolute Gasteiger partial charge is 0.226 e. The maximum Gasteiger partial charge on any atom is 0.226 e. The number of guanidine groups is 1. The van der Waals surface area contributed by atoms with Crippen molar-refractivity contribution in [2.75, 3.05) is 20.2 Å². The molecule has 0 spiro atoms. The number of halogens is 2. The molecule has 1 heterocycles. The van der Waals surface area contributed by atoms with Gasteiger partial charge in [-0.2, -0.15) is 0 Å². The molecule has 0 radical (unpaired) electrons. The van der Waals surface area contributed by atoms with Crippen LogP contribution in [0.4, 0.5) is 4.39 Å². The molecule has 0 saturated heterocycles. The third-order valence-electron chi connectivity index (χ3n) is 4.26. The monoisotopic (exact) mass is 524 g/mol. The van der Waals surface area contributed by atoms with Crippen LogP contribution < -0.4 is 15.4 Å². The highest BCUT2D eigenvalue weighted by atomic mass is 127. The molecule has 30 heavy (non-hydrogen) atoms. The average Bonchev–Trinajstić information content (AvgIpc) is 3.21. The highest BCUT2D eigenvalue weighted by Gasteiger charge is 2.08. The van der Waals surface area contributed by atoms with Gasteiger partial charge in [-0.15, -0.1) is 24.0 Å². The van der Waals surface area contributed by atoms with Crippen molar-refractivity contribution in [2.45, 2.75) is 19.9 Å². The van der Waals surface area contributed by atoms with Gasteiger partial charge in [0.2, 0.25) is 5.89 Å². The minimum Gasteiger partial charge on any atom is -0.494 e. The van der Waals surface area contributed by atoms with Gasteiger partial charge in [0.15, 0.2) is 5.96 Å². The van der Waals surface area contributed by atoms with Gasteiger partial charge in [-0.1, -0.05) is 18.2 Å². The molecule has 160 valence electrons. The molecule has 1 aromatic heterocycles. The van der Waals surface area contributed by atoms with Crippen LogP contribution in [0.15, 0.2) is 64.2 Å². The van der Waals surface area contributed by atoms with Crippen molar-refractivity contribution in [1.29, 1.82) is 0 Å². The largest absolute Gasteiger partial charge is 0.494 e. The second-order valence-electron chi connectivity index (χ2n) is 6.29. The predicted octanol–water partition coefficient (Wildman–Crippen LogP) is 4.41. The third kappa shape index (κ3) is 6.72. The van der Waals surface area contributed by atoms with Gasteiger partial charge in [0.05, 0.1) is 12.3 Å². The van der Waals surface area contributed by atoms with Crippen molar-refractivity contribution >= 4 is 29.9 Å². The summed E-state index contributed by atoms with van der Waals surface area (Å²) in [5.41, 5.74) is 2.63. The fourth-order valence-electron chi connectivity index (χ4n) is 2.80. The van der Waals surface area contributed by atoms with Crippen LogP contribution in [0.25, 0.3) is 11.5 Å². The number of rotatable bonds is 8. The molecule has 3 rings (SSSR count). The van der Waals surface area contributed by atoms with Crippen molar-refractivity contribution in [1.82, 2.24) is 15.6 Å². The van der Waals surface area contributed by atoms with Gasteiger partial charge in [0.25, 0.3) is 0 Å². The highest BCUT2D eigenvalue weighted by Crippen LogP contribution is 2.19. The third-order valence-corrected chi connectivity index (χ3v) is 4.26. The zero-order valence-corrected chi connectivity index (χ0v) is 19.4. The van der Waals surface area contributed by atoms with Crippen LogP contribution in [0.3, 0.4) is 0 Å². The lowest BCUT2D eigenvalue weighted by Gasteiger charge is -2.14. The molecule has 0 aliphatic carbocycles. The number of nitrogens with zero attached hydrogens (tertiary/aromatic N) is 2. The fourth-order valence-corrected chi connectivity index (χ4v) is 2.80. The second kappa shape index (κ2) is 12.2. The number of hydrogen-bond donors (Lipinski definition) is 2. The van der Waals surface area contributed by atoms with E-state index in [-0.39, 0.29) is 29.8 Å². The summed E-state index contributed by atoms with van der Waals surface area (Å²) >= 11 is 0. The molecule has 6 nitrogen and oxygen atoms in total.